The summed E-state index contributed by atoms with van der Waals surface area (Å²) >= 11 is 0. The van der Waals surface area contributed by atoms with E-state index in [1.54, 1.807) is 0 Å². The predicted octanol–water partition coefficient (Wildman–Crippen LogP) is 12.7. The Bertz CT molecular complexity index is 3120. The molecule has 0 unspecified atom stereocenters. The Labute approximate surface area is 285 Å². The highest BCUT2D eigenvalue weighted by Crippen LogP contribution is 2.43. The van der Waals surface area contributed by atoms with Gasteiger partial charge in [0.2, 0.25) is 0 Å². The van der Waals surface area contributed by atoms with Crippen molar-refractivity contribution in [3.63, 3.8) is 0 Å². The first-order chi connectivity index (χ1) is 24.8. The van der Waals surface area contributed by atoms with E-state index in [4.69, 9.17) is 18.8 Å². The van der Waals surface area contributed by atoms with Crippen molar-refractivity contribution in [1.29, 1.82) is 0 Å². The monoisotopic (exact) mass is 638 g/mol. The van der Waals surface area contributed by atoms with Crippen molar-refractivity contribution in [2.75, 3.05) is 0 Å². The molecule has 0 saturated carbocycles. The smallest absolute Gasteiger partial charge is 0.147 e. The van der Waals surface area contributed by atoms with Gasteiger partial charge < -0.3 is 8.83 Å². The van der Waals surface area contributed by atoms with Gasteiger partial charge in [-0.1, -0.05) is 115 Å². The molecule has 0 N–H and O–H groups in total. The van der Waals surface area contributed by atoms with Crippen LogP contribution < -0.4 is 0 Å². The van der Waals surface area contributed by atoms with Gasteiger partial charge in [0.1, 0.15) is 22.3 Å². The third-order valence-corrected chi connectivity index (χ3v) is 10.1. The Hall–Kier alpha value is -6.78. The van der Waals surface area contributed by atoms with Gasteiger partial charge in [-0.05, 0) is 63.9 Å². The van der Waals surface area contributed by atoms with E-state index in [9.17, 15) is 0 Å². The summed E-state index contributed by atoms with van der Waals surface area (Å²) in [7, 11) is 0. The number of hydrogen-bond acceptors (Lipinski definition) is 4. The molecule has 0 saturated heterocycles. The van der Waals surface area contributed by atoms with Crippen molar-refractivity contribution in [1.82, 2.24) is 9.97 Å². The Morgan fingerprint density at radius 2 is 1.02 bits per heavy atom. The third-order valence-electron chi connectivity index (χ3n) is 10.1. The first-order valence-electron chi connectivity index (χ1n) is 16.8. The molecular weight excluding hydrogens is 613 g/mol. The second-order valence-corrected chi connectivity index (χ2v) is 12.9. The predicted molar refractivity (Wildman–Crippen MR) is 205 cm³/mol. The first-order valence-corrected chi connectivity index (χ1v) is 16.8. The van der Waals surface area contributed by atoms with Crippen LogP contribution in [0.3, 0.4) is 0 Å². The number of furan rings is 2. The summed E-state index contributed by atoms with van der Waals surface area (Å²) in [5.74, 6) is 0. The largest absolute Gasteiger partial charge is 0.456 e. The Morgan fingerprint density at radius 1 is 0.380 bits per heavy atom. The fourth-order valence-corrected chi connectivity index (χ4v) is 7.78. The van der Waals surface area contributed by atoms with Crippen LogP contribution in [0.25, 0.3) is 110 Å². The third kappa shape index (κ3) is 3.93. The molecule has 4 nitrogen and oxygen atoms in total. The maximum Gasteiger partial charge on any atom is 0.147 e. The molecule has 11 aromatic rings. The maximum absolute atomic E-state index is 6.87. The molecule has 0 spiro atoms. The quantitative estimate of drug-likeness (QED) is 0.181. The lowest BCUT2D eigenvalue weighted by Crippen LogP contribution is -1.93. The average Bonchev–Trinajstić information content (AvgIpc) is 3.76. The van der Waals surface area contributed by atoms with E-state index in [0.717, 1.165) is 99.2 Å². The average molecular weight is 639 g/mol. The van der Waals surface area contributed by atoms with Gasteiger partial charge in [-0.3, -0.25) is 4.98 Å². The molecule has 0 aliphatic heterocycles. The zero-order valence-corrected chi connectivity index (χ0v) is 26.7. The molecule has 0 radical (unpaired) electrons. The molecule has 0 bridgehead atoms. The highest BCUT2D eigenvalue weighted by atomic mass is 16.3. The molecule has 3 aromatic heterocycles. The number of fused-ring (bicyclic) bond motifs is 13. The maximum atomic E-state index is 6.87. The number of aromatic nitrogens is 2. The molecule has 11 rings (SSSR count). The van der Waals surface area contributed by atoms with Gasteiger partial charge in [0.05, 0.1) is 28.3 Å². The van der Waals surface area contributed by atoms with E-state index in [1.165, 1.54) is 10.8 Å². The van der Waals surface area contributed by atoms with E-state index in [2.05, 4.69) is 127 Å². The van der Waals surface area contributed by atoms with Gasteiger partial charge >= 0.3 is 0 Å². The van der Waals surface area contributed by atoms with Gasteiger partial charge in [-0.25, -0.2) is 4.98 Å². The molecule has 50 heavy (non-hydrogen) atoms. The minimum Gasteiger partial charge on any atom is -0.456 e. The van der Waals surface area contributed by atoms with Crippen molar-refractivity contribution in [2.24, 2.45) is 0 Å². The van der Waals surface area contributed by atoms with E-state index in [1.807, 2.05) is 30.5 Å². The first kappa shape index (κ1) is 27.2. The standard InChI is InChI=1S/C46H26N2O2/c1-2-11-27(12-3-1)28-23-29(31-18-10-19-36-37-21-22-41-42(46(37)50-45(31)36)38-17-8-9-20-40(38)49-41)25-30(24-28)39-26-47-43-34-15-6-4-13-32(34)33-14-5-7-16-35(33)44(43)48-39/h1-26H. The second kappa shape index (κ2) is 10.4. The van der Waals surface area contributed by atoms with Crippen molar-refractivity contribution in [3.05, 3.63) is 158 Å². The van der Waals surface area contributed by atoms with Crippen LogP contribution in [0.15, 0.2) is 167 Å². The minimum absolute atomic E-state index is 0.820. The van der Waals surface area contributed by atoms with Crippen molar-refractivity contribution in [2.45, 2.75) is 0 Å². The van der Waals surface area contributed by atoms with Gasteiger partial charge in [0.15, 0.2) is 0 Å². The van der Waals surface area contributed by atoms with Crippen LogP contribution in [0.5, 0.6) is 0 Å². The van der Waals surface area contributed by atoms with Gasteiger partial charge in [0.25, 0.3) is 0 Å². The van der Waals surface area contributed by atoms with Crippen LogP contribution in [0.4, 0.5) is 0 Å². The van der Waals surface area contributed by atoms with Crippen molar-refractivity contribution in [3.8, 4) is 33.5 Å². The summed E-state index contributed by atoms with van der Waals surface area (Å²) in [5, 5.41) is 8.76. The summed E-state index contributed by atoms with van der Waals surface area (Å²) in [5.41, 5.74) is 11.3. The lowest BCUT2D eigenvalue weighted by atomic mass is 9.94. The zero-order chi connectivity index (χ0) is 32.8. The summed E-state index contributed by atoms with van der Waals surface area (Å²) < 4.78 is 13.1. The number of nitrogens with zero attached hydrogens (tertiary/aromatic N) is 2. The van der Waals surface area contributed by atoms with E-state index >= 15 is 0 Å². The van der Waals surface area contributed by atoms with Crippen molar-refractivity contribution >= 4 is 76.5 Å². The Balaban J connectivity index is 1.18. The van der Waals surface area contributed by atoms with Crippen LogP contribution in [0, 0.1) is 0 Å². The van der Waals surface area contributed by atoms with Crippen LogP contribution in [0.2, 0.25) is 0 Å². The number of benzene rings is 8. The normalized spacial score (nSPS) is 12.0. The Morgan fingerprint density at radius 3 is 1.84 bits per heavy atom. The van der Waals surface area contributed by atoms with Crippen molar-refractivity contribution < 1.29 is 8.83 Å². The van der Waals surface area contributed by atoms with Gasteiger partial charge in [-0.15, -0.1) is 0 Å². The number of hydrogen-bond donors (Lipinski definition) is 0. The minimum atomic E-state index is 0.820. The van der Waals surface area contributed by atoms with E-state index in [0.29, 0.717) is 0 Å². The topological polar surface area (TPSA) is 52.1 Å². The molecule has 8 aromatic carbocycles. The molecule has 0 aliphatic rings. The van der Waals surface area contributed by atoms with Gasteiger partial charge in [0, 0.05) is 38.1 Å². The molecule has 232 valence electrons. The van der Waals surface area contributed by atoms with E-state index in [-0.39, 0.29) is 0 Å². The SMILES string of the molecule is c1ccc(-c2cc(-c3cnc4c5ccccc5c5ccccc5c4n3)cc(-c3cccc4c3oc3c4ccc4oc5ccccc5c43)c2)cc1. The van der Waals surface area contributed by atoms with E-state index < -0.39 is 0 Å². The fraction of sp³-hybridized carbons (Fsp3) is 0. The Kier molecular flexibility index (Phi) is 5.63. The molecule has 3 heterocycles. The van der Waals surface area contributed by atoms with Crippen LogP contribution >= 0.6 is 0 Å². The molecule has 0 fully saturated rings. The highest BCUT2D eigenvalue weighted by Gasteiger charge is 2.19. The van der Waals surface area contributed by atoms with Gasteiger partial charge in [-0.2, -0.15) is 0 Å². The molecule has 0 atom stereocenters. The fourth-order valence-electron chi connectivity index (χ4n) is 7.78. The summed E-state index contributed by atoms with van der Waals surface area (Å²) in [6.45, 7) is 0. The zero-order valence-electron chi connectivity index (χ0n) is 26.7. The van der Waals surface area contributed by atoms with Crippen LogP contribution in [0.1, 0.15) is 0 Å². The molecule has 0 amide bonds. The number of para-hydroxylation sites is 2. The molecule has 4 heteroatoms. The van der Waals surface area contributed by atoms with Crippen LogP contribution in [-0.2, 0) is 0 Å². The molecule has 0 aliphatic carbocycles. The van der Waals surface area contributed by atoms with Crippen LogP contribution in [-0.4, -0.2) is 9.97 Å². The number of rotatable bonds is 3. The lowest BCUT2D eigenvalue weighted by molar-refractivity contribution is 0.663. The lowest BCUT2D eigenvalue weighted by Gasteiger charge is -2.13. The highest BCUT2D eigenvalue weighted by molar-refractivity contribution is 6.24. The second-order valence-electron chi connectivity index (χ2n) is 12.9. The summed E-state index contributed by atoms with van der Waals surface area (Å²) in [6, 6.07) is 52.9. The summed E-state index contributed by atoms with van der Waals surface area (Å²) in [4.78, 5) is 10.4. The molecular formula is C46H26N2O2. The summed E-state index contributed by atoms with van der Waals surface area (Å²) in [6.07, 6.45) is 1.92.